The maximum Gasteiger partial charge on any atom is 0.244 e. The minimum atomic E-state index is -3.53. The molecule has 0 amide bonds. The van der Waals surface area contributed by atoms with Gasteiger partial charge < -0.3 is 9.47 Å². The number of methoxy groups -OCH3 is 2. The molecule has 0 unspecified atom stereocenters. The van der Waals surface area contributed by atoms with E-state index in [2.05, 4.69) is 4.72 Å². The van der Waals surface area contributed by atoms with Crippen LogP contribution in [0.2, 0.25) is 0 Å². The fourth-order valence-corrected chi connectivity index (χ4v) is 2.98. The normalized spacial score (nSPS) is 11.5. The lowest BCUT2D eigenvalue weighted by Crippen LogP contribution is -2.25. The third kappa shape index (κ3) is 4.81. The lowest BCUT2D eigenvalue weighted by Gasteiger charge is -2.11. The average Bonchev–Trinajstić information content (AvgIpc) is 2.38. The lowest BCUT2D eigenvalue weighted by atomic mass is 10.2. The van der Waals surface area contributed by atoms with Gasteiger partial charge in [0.2, 0.25) is 10.0 Å². The van der Waals surface area contributed by atoms with Gasteiger partial charge in [0.1, 0.15) is 10.6 Å². The molecule has 0 saturated heterocycles. The minimum absolute atomic E-state index is 0.182. The van der Waals surface area contributed by atoms with E-state index in [-0.39, 0.29) is 4.90 Å². The molecular weight excluding hydrogens is 266 g/mol. The van der Waals surface area contributed by atoms with Gasteiger partial charge in [-0.15, -0.1) is 0 Å². The summed E-state index contributed by atoms with van der Waals surface area (Å²) in [5.74, 6) is 0.356. The van der Waals surface area contributed by atoms with Crippen LogP contribution in [0.1, 0.15) is 18.4 Å². The number of ether oxygens (including phenoxy) is 2. The van der Waals surface area contributed by atoms with E-state index < -0.39 is 10.0 Å². The summed E-state index contributed by atoms with van der Waals surface area (Å²) in [6.07, 6.45) is 1.56. The summed E-state index contributed by atoms with van der Waals surface area (Å²) in [4.78, 5) is 0.182. The summed E-state index contributed by atoms with van der Waals surface area (Å²) in [7, 11) is -0.441. The molecule has 0 aromatic heterocycles. The van der Waals surface area contributed by atoms with Crippen LogP contribution in [0.5, 0.6) is 5.75 Å². The van der Waals surface area contributed by atoms with Crippen molar-refractivity contribution in [3.8, 4) is 5.75 Å². The second-order valence-corrected chi connectivity index (χ2v) is 5.99. The lowest BCUT2D eigenvalue weighted by molar-refractivity contribution is 0.193. The molecule has 1 aromatic carbocycles. The highest BCUT2D eigenvalue weighted by Crippen LogP contribution is 2.24. The summed E-state index contributed by atoms with van der Waals surface area (Å²) < 4.78 is 36.9. The van der Waals surface area contributed by atoms with Crippen LogP contribution in [0.15, 0.2) is 23.1 Å². The van der Waals surface area contributed by atoms with E-state index in [4.69, 9.17) is 9.47 Å². The molecule has 0 aliphatic heterocycles. The van der Waals surface area contributed by atoms with Gasteiger partial charge in [0.05, 0.1) is 7.11 Å². The Morgan fingerprint density at radius 3 is 2.58 bits per heavy atom. The molecule has 1 rings (SSSR count). The SMILES string of the molecule is COCCCCNS(=O)(=O)c1cc(C)ccc1OC. The molecule has 108 valence electrons. The van der Waals surface area contributed by atoms with Crippen LogP contribution in [-0.4, -0.2) is 35.8 Å². The smallest absolute Gasteiger partial charge is 0.244 e. The molecule has 0 aliphatic carbocycles. The summed E-state index contributed by atoms with van der Waals surface area (Å²) in [5, 5.41) is 0. The number of rotatable bonds is 8. The highest BCUT2D eigenvalue weighted by Gasteiger charge is 2.18. The number of benzene rings is 1. The topological polar surface area (TPSA) is 64.6 Å². The van der Waals surface area contributed by atoms with Crippen LogP contribution in [-0.2, 0) is 14.8 Å². The molecule has 0 heterocycles. The Kier molecular flexibility index (Phi) is 6.27. The van der Waals surface area contributed by atoms with E-state index in [0.29, 0.717) is 18.9 Å². The van der Waals surface area contributed by atoms with Crippen molar-refractivity contribution in [2.75, 3.05) is 27.4 Å². The summed E-state index contributed by atoms with van der Waals surface area (Å²) in [6.45, 7) is 2.87. The van der Waals surface area contributed by atoms with Gasteiger partial charge in [-0.2, -0.15) is 0 Å². The molecule has 1 N–H and O–H groups in total. The Hall–Kier alpha value is -1.11. The Morgan fingerprint density at radius 1 is 1.21 bits per heavy atom. The molecule has 0 radical (unpaired) electrons. The first-order valence-electron chi connectivity index (χ1n) is 6.14. The van der Waals surface area contributed by atoms with Crippen molar-refractivity contribution in [3.63, 3.8) is 0 Å². The van der Waals surface area contributed by atoms with Crippen LogP contribution in [0.4, 0.5) is 0 Å². The number of aryl methyl sites for hydroxylation is 1. The van der Waals surface area contributed by atoms with Crippen molar-refractivity contribution in [1.29, 1.82) is 0 Å². The zero-order chi connectivity index (χ0) is 14.3. The van der Waals surface area contributed by atoms with Crippen LogP contribution in [0.3, 0.4) is 0 Å². The third-order valence-corrected chi connectivity index (χ3v) is 4.16. The number of nitrogens with one attached hydrogen (secondary N) is 1. The number of sulfonamides is 1. The van der Waals surface area contributed by atoms with E-state index in [1.165, 1.54) is 7.11 Å². The van der Waals surface area contributed by atoms with Crippen molar-refractivity contribution in [3.05, 3.63) is 23.8 Å². The Morgan fingerprint density at radius 2 is 1.95 bits per heavy atom. The quantitative estimate of drug-likeness (QED) is 0.739. The summed E-state index contributed by atoms with van der Waals surface area (Å²) in [5.41, 5.74) is 0.876. The van der Waals surface area contributed by atoms with Crippen molar-refractivity contribution in [2.45, 2.75) is 24.7 Å². The summed E-state index contributed by atoms with van der Waals surface area (Å²) >= 11 is 0. The molecule has 0 saturated carbocycles. The maximum absolute atomic E-state index is 12.2. The van der Waals surface area contributed by atoms with Gasteiger partial charge in [0.15, 0.2) is 0 Å². The monoisotopic (exact) mass is 287 g/mol. The highest BCUT2D eigenvalue weighted by molar-refractivity contribution is 7.89. The van der Waals surface area contributed by atoms with Crippen LogP contribution in [0.25, 0.3) is 0 Å². The molecule has 0 spiro atoms. The second kappa shape index (κ2) is 7.47. The van der Waals surface area contributed by atoms with Gasteiger partial charge in [0.25, 0.3) is 0 Å². The Bertz CT molecular complexity index is 499. The van der Waals surface area contributed by atoms with Gasteiger partial charge in [-0.3, -0.25) is 0 Å². The first-order valence-corrected chi connectivity index (χ1v) is 7.63. The molecule has 19 heavy (non-hydrogen) atoms. The standard InChI is InChI=1S/C13H21NO4S/c1-11-6-7-12(18-3)13(10-11)19(15,16)14-8-4-5-9-17-2/h6-7,10,14H,4-5,8-9H2,1-3H3. The van der Waals surface area contributed by atoms with E-state index in [1.807, 2.05) is 13.0 Å². The fraction of sp³-hybridized carbons (Fsp3) is 0.538. The first kappa shape index (κ1) is 15.9. The van der Waals surface area contributed by atoms with Crippen molar-refractivity contribution in [2.24, 2.45) is 0 Å². The van der Waals surface area contributed by atoms with Crippen molar-refractivity contribution in [1.82, 2.24) is 4.72 Å². The number of hydrogen-bond acceptors (Lipinski definition) is 4. The van der Waals surface area contributed by atoms with E-state index in [0.717, 1.165) is 18.4 Å². The second-order valence-electron chi connectivity index (χ2n) is 4.25. The minimum Gasteiger partial charge on any atom is -0.495 e. The molecular formula is C13H21NO4S. The zero-order valence-electron chi connectivity index (χ0n) is 11.6. The van der Waals surface area contributed by atoms with Crippen LogP contribution in [0, 0.1) is 6.92 Å². The Balaban J connectivity index is 2.74. The maximum atomic E-state index is 12.2. The van der Waals surface area contributed by atoms with Gasteiger partial charge >= 0.3 is 0 Å². The highest BCUT2D eigenvalue weighted by atomic mass is 32.2. The summed E-state index contributed by atoms with van der Waals surface area (Å²) in [6, 6.07) is 5.08. The fourth-order valence-electron chi connectivity index (χ4n) is 1.65. The Labute approximate surface area is 115 Å². The molecule has 5 nitrogen and oxygen atoms in total. The first-order chi connectivity index (χ1) is 9.01. The molecule has 0 fully saturated rings. The van der Waals surface area contributed by atoms with Gasteiger partial charge in [-0.25, -0.2) is 13.1 Å². The van der Waals surface area contributed by atoms with Crippen LogP contribution >= 0.6 is 0 Å². The van der Waals surface area contributed by atoms with Crippen molar-refractivity contribution < 1.29 is 17.9 Å². The zero-order valence-corrected chi connectivity index (χ0v) is 12.4. The largest absolute Gasteiger partial charge is 0.495 e. The molecule has 6 heteroatoms. The van der Waals surface area contributed by atoms with Crippen molar-refractivity contribution >= 4 is 10.0 Å². The van der Waals surface area contributed by atoms with Crippen LogP contribution < -0.4 is 9.46 Å². The number of hydrogen-bond donors (Lipinski definition) is 1. The van der Waals surface area contributed by atoms with Gasteiger partial charge in [-0.05, 0) is 37.5 Å². The molecule has 0 bridgehead atoms. The van der Waals surface area contributed by atoms with Gasteiger partial charge in [0, 0.05) is 20.3 Å². The predicted octanol–water partition coefficient (Wildman–Crippen LogP) is 1.71. The van der Waals surface area contributed by atoms with Gasteiger partial charge in [-0.1, -0.05) is 6.07 Å². The molecule has 0 atom stereocenters. The predicted molar refractivity (Wildman–Crippen MR) is 74.0 cm³/mol. The van der Waals surface area contributed by atoms with E-state index in [9.17, 15) is 8.42 Å². The molecule has 1 aromatic rings. The average molecular weight is 287 g/mol. The van der Waals surface area contributed by atoms with E-state index >= 15 is 0 Å². The van der Waals surface area contributed by atoms with E-state index in [1.54, 1.807) is 19.2 Å². The molecule has 0 aliphatic rings. The third-order valence-electron chi connectivity index (χ3n) is 2.68. The number of unbranched alkanes of at least 4 members (excludes halogenated alkanes) is 1.